The van der Waals surface area contributed by atoms with Crippen molar-refractivity contribution in [2.45, 2.75) is 57.5 Å². The van der Waals surface area contributed by atoms with Gasteiger partial charge in [0.15, 0.2) is 23.3 Å². The summed E-state index contributed by atoms with van der Waals surface area (Å²) in [5, 5.41) is 0. The van der Waals surface area contributed by atoms with Crippen LogP contribution in [0.5, 0.6) is 0 Å². The van der Waals surface area contributed by atoms with Gasteiger partial charge in [-0.25, -0.2) is 22.0 Å². The van der Waals surface area contributed by atoms with Crippen molar-refractivity contribution in [3.63, 3.8) is 0 Å². The standard InChI is InChI=1S/C30H29F5O/c1-3-5-7-20-10-9-19(17-36-20)21-12-13-24(29(34)27(21)32)25-15-14-23(28(33)30(25)35)22-11-8-18(6-4-2)16-26(22)31/h3,8,11-16,19-20H,1,4-7,9-10,17H2,2H3. The average molecular weight is 501 g/mol. The molecule has 1 aliphatic rings. The van der Waals surface area contributed by atoms with Gasteiger partial charge in [0.05, 0.1) is 12.7 Å². The Morgan fingerprint density at radius 1 is 0.833 bits per heavy atom. The van der Waals surface area contributed by atoms with E-state index in [2.05, 4.69) is 6.58 Å². The van der Waals surface area contributed by atoms with E-state index in [1.807, 2.05) is 13.0 Å². The molecule has 0 N–H and O–H groups in total. The van der Waals surface area contributed by atoms with Crippen LogP contribution in [0.25, 0.3) is 22.3 Å². The first-order valence-electron chi connectivity index (χ1n) is 12.3. The van der Waals surface area contributed by atoms with Gasteiger partial charge in [-0.1, -0.05) is 55.8 Å². The molecule has 1 heterocycles. The van der Waals surface area contributed by atoms with Gasteiger partial charge in [-0.3, -0.25) is 0 Å². The molecule has 1 nitrogen and oxygen atoms in total. The van der Waals surface area contributed by atoms with Crippen LogP contribution < -0.4 is 0 Å². The van der Waals surface area contributed by atoms with Crippen molar-refractivity contribution in [3.05, 3.63) is 95.3 Å². The minimum atomic E-state index is -1.36. The van der Waals surface area contributed by atoms with Crippen LogP contribution in [0.3, 0.4) is 0 Å². The average Bonchev–Trinajstić information content (AvgIpc) is 2.87. The van der Waals surface area contributed by atoms with Crippen molar-refractivity contribution in [2.24, 2.45) is 0 Å². The maximum atomic E-state index is 15.1. The van der Waals surface area contributed by atoms with E-state index in [1.54, 1.807) is 6.07 Å². The molecular formula is C30H29F5O. The third kappa shape index (κ3) is 5.24. The highest BCUT2D eigenvalue weighted by atomic mass is 19.2. The topological polar surface area (TPSA) is 9.23 Å². The Kier molecular flexibility index (Phi) is 8.24. The molecular weight excluding hydrogens is 471 g/mol. The third-order valence-corrected chi connectivity index (χ3v) is 6.85. The third-order valence-electron chi connectivity index (χ3n) is 6.85. The molecule has 0 radical (unpaired) electrons. The number of halogens is 5. The van der Waals surface area contributed by atoms with Crippen molar-refractivity contribution >= 4 is 0 Å². The summed E-state index contributed by atoms with van der Waals surface area (Å²) in [5.41, 5.74) is -0.275. The number of allylic oxidation sites excluding steroid dienone is 1. The van der Waals surface area contributed by atoms with Crippen LogP contribution in [0.15, 0.2) is 55.1 Å². The molecule has 36 heavy (non-hydrogen) atoms. The Labute approximate surface area is 208 Å². The molecule has 1 aliphatic heterocycles. The zero-order chi connectivity index (χ0) is 25.8. The summed E-state index contributed by atoms with van der Waals surface area (Å²) in [4.78, 5) is 0. The predicted molar refractivity (Wildman–Crippen MR) is 132 cm³/mol. The van der Waals surface area contributed by atoms with Gasteiger partial charge < -0.3 is 4.74 Å². The lowest BCUT2D eigenvalue weighted by molar-refractivity contribution is -0.000881. The molecule has 2 unspecified atom stereocenters. The molecule has 190 valence electrons. The van der Waals surface area contributed by atoms with Crippen LogP contribution in [0, 0.1) is 29.1 Å². The number of hydrogen-bond donors (Lipinski definition) is 0. The second-order valence-electron chi connectivity index (χ2n) is 9.28. The predicted octanol–water partition coefficient (Wildman–Crippen LogP) is 8.90. The fraction of sp³-hybridized carbons (Fsp3) is 0.333. The molecule has 0 spiro atoms. The van der Waals surface area contributed by atoms with Crippen LogP contribution in [0.1, 0.15) is 56.1 Å². The minimum Gasteiger partial charge on any atom is -0.378 e. The quantitative estimate of drug-likeness (QED) is 0.222. The van der Waals surface area contributed by atoms with Crippen LogP contribution >= 0.6 is 0 Å². The summed E-state index contributed by atoms with van der Waals surface area (Å²) < 4.78 is 80.6. The van der Waals surface area contributed by atoms with E-state index in [0.29, 0.717) is 12.8 Å². The smallest absolute Gasteiger partial charge is 0.167 e. The largest absolute Gasteiger partial charge is 0.378 e. The van der Waals surface area contributed by atoms with Gasteiger partial charge in [-0.15, -0.1) is 6.58 Å². The highest BCUT2D eigenvalue weighted by Crippen LogP contribution is 2.38. The van der Waals surface area contributed by atoms with E-state index in [4.69, 9.17) is 4.74 Å². The van der Waals surface area contributed by atoms with Gasteiger partial charge in [0.25, 0.3) is 0 Å². The van der Waals surface area contributed by atoms with E-state index >= 15 is 17.6 Å². The molecule has 0 amide bonds. The summed E-state index contributed by atoms with van der Waals surface area (Å²) in [6.07, 6.45) is 6.38. The molecule has 1 saturated heterocycles. The van der Waals surface area contributed by atoms with E-state index in [1.165, 1.54) is 30.3 Å². The minimum absolute atomic E-state index is 0.0645. The molecule has 0 saturated carbocycles. The van der Waals surface area contributed by atoms with Crippen molar-refractivity contribution < 1.29 is 26.7 Å². The first-order chi connectivity index (χ1) is 17.3. The summed E-state index contributed by atoms with van der Waals surface area (Å²) in [6, 6.07) is 9.37. The lowest BCUT2D eigenvalue weighted by Crippen LogP contribution is -2.25. The van der Waals surface area contributed by atoms with Crippen molar-refractivity contribution in [1.29, 1.82) is 0 Å². The lowest BCUT2D eigenvalue weighted by atomic mass is 9.88. The summed E-state index contributed by atoms with van der Waals surface area (Å²) >= 11 is 0. The molecule has 3 aromatic rings. The molecule has 0 aromatic heterocycles. The van der Waals surface area contributed by atoms with Gasteiger partial charge in [-0.2, -0.15) is 0 Å². The second-order valence-corrected chi connectivity index (χ2v) is 9.28. The maximum Gasteiger partial charge on any atom is 0.167 e. The van der Waals surface area contributed by atoms with Gasteiger partial charge in [0.1, 0.15) is 5.82 Å². The van der Waals surface area contributed by atoms with E-state index in [9.17, 15) is 4.39 Å². The molecule has 3 aromatic carbocycles. The molecule has 4 rings (SSSR count). The summed E-state index contributed by atoms with van der Waals surface area (Å²) in [7, 11) is 0. The van der Waals surface area contributed by atoms with Crippen LogP contribution in [0.4, 0.5) is 22.0 Å². The van der Waals surface area contributed by atoms with Gasteiger partial charge >= 0.3 is 0 Å². The number of benzene rings is 3. The first-order valence-corrected chi connectivity index (χ1v) is 12.3. The highest BCUT2D eigenvalue weighted by molar-refractivity contribution is 5.73. The molecule has 1 fully saturated rings. The van der Waals surface area contributed by atoms with Crippen molar-refractivity contribution in [1.82, 2.24) is 0 Å². The SMILES string of the molecule is C=CCCC1CCC(c2ccc(-c3ccc(-c4ccc(CCC)cc4F)c(F)c3F)c(F)c2F)CO1. The Bertz CT molecular complexity index is 1240. The van der Waals surface area contributed by atoms with Gasteiger partial charge in [-0.05, 0) is 49.3 Å². The number of ether oxygens (including phenoxy) is 1. The zero-order valence-electron chi connectivity index (χ0n) is 20.2. The Morgan fingerprint density at radius 3 is 2.03 bits per heavy atom. The van der Waals surface area contributed by atoms with E-state index in [-0.39, 0.29) is 35.3 Å². The highest BCUT2D eigenvalue weighted by Gasteiger charge is 2.28. The van der Waals surface area contributed by atoms with Gasteiger partial charge in [0, 0.05) is 28.2 Å². The zero-order valence-corrected chi connectivity index (χ0v) is 20.2. The Hall–Kier alpha value is -2.99. The molecule has 6 heteroatoms. The lowest BCUT2D eigenvalue weighted by Gasteiger charge is -2.29. The monoisotopic (exact) mass is 500 g/mol. The number of aryl methyl sites for hydroxylation is 1. The summed E-state index contributed by atoms with van der Waals surface area (Å²) in [5.74, 6) is -6.01. The number of hydrogen-bond acceptors (Lipinski definition) is 1. The fourth-order valence-corrected chi connectivity index (χ4v) is 4.86. The Balaban J connectivity index is 1.61. The second kappa shape index (κ2) is 11.4. The Morgan fingerprint density at radius 2 is 1.44 bits per heavy atom. The summed E-state index contributed by atoms with van der Waals surface area (Å²) in [6.45, 7) is 5.91. The fourth-order valence-electron chi connectivity index (χ4n) is 4.86. The van der Waals surface area contributed by atoms with Crippen LogP contribution in [-0.2, 0) is 11.2 Å². The van der Waals surface area contributed by atoms with E-state index in [0.717, 1.165) is 37.3 Å². The van der Waals surface area contributed by atoms with Crippen molar-refractivity contribution in [3.8, 4) is 22.3 Å². The van der Waals surface area contributed by atoms with Gasteiger partial charge in [0.2, 0.25) is 0 Å². The van der Waals surface area contributed by atoms with Crippen LogP contribution in [0.2, 0.25) is 0 Å². The first kappa shape index (κ1) is 26.1. The maximum absolute atomic E-state index is 15.1. The normalized spacial score (nSPS) is 17.8. The molecule has 0 aliphatic carbocycles. The number of rotatable bonds is 8. The molecule has 2 atom stereocenters. The van der Waals surface area contributed by atoms with Crippen LogP contribution in [-0.4, -0.2) is 12.7 Å². The molecule has 0 bridgehead atoms. The van der Waals surface area contributed by atoms with E-state index < -0.39 is 40.2 Å². The van der Waals surface area contributed by atoms with Crippen molar-refractivity contribution in [2.75, 3.05) is 6.61 Å².